The van der Waals surface area contributed by atoms with E-state index in [0.29, 0.717) is 43.0 Å². The molecule has 5 rings (SSSR count). The van der Waals surface area contributed by atoms with Crippen LogP contribution in [-0.2, 0) is 16.2 Å². The topological polar surface area (TPSA) is 58.9 Å². The number of rotatable bonds is 5. The number of aliphatic hydroxyl groups excluding tert-OH is 1. The zero-order chi connectivity index (χ0) is 25.9. The first-order chi connectivity index (χ1) is 17.0. The largest absolute Gasteiger partial charge is 0.393 e. The van der Waals surface area contributed by atoms with Gasteiger partial charge in [0.1, 0.15) is 18.1 Å². The van der Waals surface area contributed by atoms with Gasteiger partial charge in [-0.25, -0.2) is 0 Å². The summed E-state index contributed by atoms with van der Waals surface area (Å²) in [6.07, 6.45) is 10.6. The summed E-state index contributed by atoms with van der Waals surface area (Å²) in [7, 11) is 0. The Hall–Kier alpha value is -2.20. The Bertz CT molecular complexity index is 1130. The third-order valence-electron chi connectivity index (χ3n) is 11.1. The van der Waals surface area contributed by atoms with Crippen molar-refractivity contribution in [3.63, 3.8) is 0 Å². The molecule has 0 radical (unpaired) electrons. The normalized spacial score (nSPS) is 42.4. The van der Waals surface area contributed by atoms with Crippen molar-refractivity contribution >= 4 is 11.5 Å². The predicted molar refractivity (Wildman–Crippen MR) is 144 cm³/mol. The van der Waals surface area contributed by atoms with Crippen LogP contribution in [0.4, 0.5) is 0 Å². The van der Waals surface area contributed by atoms with Crippen molar-refractivity contribution in [2.45, 2.75) is 86.4 Å². The second-order valence-electron chi connectivity index (χ2n) is 12.7. The minimum Gasteiger partial charge on any atom is -0.393 e. The highest BCUT2D eigenvalue weighted by atomic mass is 16.6. The molecule has 4 heteroatoms. The average molecular weight is 490 g/mol. The van der Waals surface area contributed by atoms with E-state index in [2.05, 4.69) is 76.2 Å². The number of aliphatic hydroxyl groups is 1. The van der Waals surface area contributed by atoms with Gasteiger partial charge < -0.3 is 9.94 Å². The van der Waals surface area contributed by atoms with E-state index in [0.717, 1.165) is 30.5 Å². The SMILES string of the molecule is CCC(=O)[C@@]1(C)[C@H](C)C[C@H]2[C@@H]3CCC4=C/C(=N/OCc5cccc(C)c5)C=C[C@]4(C)[C@H]3[C@@H](O)C[C@@]21C. The van der Waals surface area contributed by atoms with Gasteiger partial charge in [0.25, 0.3) is 0 Å². The van der Waals surface area contributed by atoms with Gasteiger partial charge in [-0.3, -0.25) is 4.79 Å². The number of allylic oxidation sites excluding steroid dienone is 4. The van der Waals surface area contributed by atoms with Crippen LogP contribution in [0, 0.1) is 46.8 Å². The fraction of sp³-hybridized carbons (Fsp3) is 0.625. The summed E-state index contributed by atoms with van der Waals surface area (Å²) < 4.78 is 0. The molecule has 4 aliphatic rings. The van der Waals surface area contributed by atoms with E-state index in [1.54, 1.807) is 0 Å². The predicted octanol–water partition coefficient (Wildman–Crippen LogP) is 6.81. The molecular formula is C32H43NO3. The highest BCUT2D eigenvalue weighted by Gasteiger charge is 2.68. The fourth-order valence-electron chi connectivity index (χ4n) is 8.89. The quantitative estimate of drug-likeness (QED) is 0.462. The Morgan fingerprint density at radius 2 is 2.03 bits per heavy atom. The first-order valence-corrected chi connectivity index (χ1v) is 13.9. The number of fused-ring (bicyclic) bond motifs is 5. The van der Waals surface area contributed by atoms with Gasteiger partial charge in [0.2, 0.25) is 0 Å². The van der Waals surface area contributed by atoms with Crippen LogP contribution in [0.15, 0.2) is 53.2 Å². The standard InChI is InChI=1S/C32H43NO3/c1-7-28(35)32(6)21(3)16-26-25-12-11-23-17-24(33-36-19-22-10-8-9-20(2)15-22)13-14-30(23,4)29(25)27(34)18-31(26,32)5/h8-10,13-15,17,21,25-27,29,34H,7,11-12,16,18-19H2,1-6H3/b33-24+/t21-,25+,26+,27+,29-,30+,31+,32-/m1/s1. The molecule has 0 aliphatic heterocycles. The molecule has 36 heavy (non-hydrogen) atoms. The van der Waals surface area contributed by atoms with Crippen LogP contribution >= 0.6 is 0 Å². The smallest absolute Gasteiger partial charge is 0.142 e. The second-order valence-corrected chi connectivity index (χ2v) is 12.7. The molecule has 1 aromatic carbocycles. The lowest BCUT2D eigenvalue weighted by atomic mass is 9.44. The monoisotopic (exact) mass is 489 g/mol. The maximum absolute atomic E-state index is 13.3. The number of carbonyl (C=O) groups excluding carboxylic acids is 1. The summed E-state index contributed by atoms with van der Waals surface area (Å²) in [6.45, 7) is 13.6. The molecule has 8 atom stereocenters. The third-order valence-corrected chi connectivity index (χ3v) is 11.1. The van der Waals surface area contributed by atoms with Gasteiger partial charge in [0, 0.05) is 23.2 Å². The van der Waals surface area contributed by atoms with Gasteiger partial charge in [-0.1, -0.05) is 81.3 Å². The molecule has 0 spiro atoms. The van der Waals surface area contributed by atoms with Crippen LogP contribution in [0.5, 0.6) is 0 Å². The summed E-state index contributed by atoms with van der Waals surface area (Å²) >= 11 is 0. The van der Waals surface area contributed by atoms with Gasteiger partial charge in [-0.15, -0.1) is 0 Å². The maximum atomic E-state index is 13.3. The Morgan fingerprint density at radius 3 is 2.75 bits per heavy atom. The minimum absolute atomic E-state index is 0.147. The average Bonchev–Trinajstić information content (AvgIpc) is 3.04. The molecule has 0 heterocycles. The molecule has 3 saturated carbocycles. The molecule has 1 N–H and O–H groups in total. The van der Waals surface area contributed by atoms with Crippen molar-refractivity contribution < 1.29 is 14.7 Å². The Morgan fingerprint density at radius 1 is 1.25 bits per heavy atom. The van der Waals surface area contributed by atoms with E-state index in [1.165, 1.54) is 11.1 Å². The molecular weight excluding hydrogens is 446 g/mol. The van der Waals surface area contributed by atoms with Crippen LogP contribution in [-0.4, -0.2) is 22.7 Å². The van der Waals surface area contributed by atoms with Gasteiger partial charge in [-0.05, 0) is 73.5 Å². The minimum atomic E-state index is -0.417. The van der Waals surface area contributed by atoms with Crippen molar-refractivity contribution in [1.29, 1.82) is 0 Å². The molecule has 0 unspecified atom stereocenters. The summed E-state index contributed by atoms with van der Waals surface area (Å²) in [5.74, 6) is 1.79. The summed E-state index contributed by atoms with van der Waals surface area (Å²) in [4.78, 5) is 19.0. The molecule has 194 valence electrons. The lowest BCUT2D eigenvalue weighted by Gasteiger charge is -2.60. The Balaban J connectivity index is 1.38. The van der Waals surface area contributed by atoms with Crippen LogP contribution in [0.1, 0.15) is 77.8 Å². The fourth-order valence-corrected chi connectivity index (χ4v) is 8.89. The highest BCUT2D eigenvalue weighted by molar-refractivity contribution is 6.05. The lowest BCUT2D eigenvalue weighted by molar-refractivity contribution is -0.155. The zero-order valence-corrected chi connectivity index (χ0v) is 22.9. The molecule has 0 amide bonds. The number of hydrogen-bond donors (Lipinski definition) is 1. The number of aryl methyl sites for hydroxylation is 1. The van der Waals surface area contributed by atoms with E-state index in [9.17, 15) is 9.90 Å². The molecule has 0 saturated heterocycles. The number of nitrogens with zero attached hydrogens (tertiary/aromatic N) is 1. The van der Waals surface area contributed by atoms with E-state index in [4.69, 9.17) is 4.84 Å². The van der Waals surface area contributed by atoms with Crippen LogP contribution in [0.2, 0.25) is 0 Å². The number of benzene rings is 1. The van der Waals surface area contributed by atoms with Crippen molar-refractivity contribution in [2.24, 2.45) is 45.1 Å². The van der Waals surface area contributed by atoms with Crippen LogP contribution in [0.3, 0.4) is 0 Å². The number of ketones is 1. The van der Waals surface area contributed by atoms with E-state index < -0.39 is 6.10 Å². The van der Waals surface area contributed by atoms with Crippen molar-refractivity contribution in [1.82, 2.24) is 0 Å². The van der Waals surface area contributed by atoms with Gasteiger partial charge in [-0.2, -0.15) is 0 Å². The molecule has 0 bridgehead atoms. The van der Waals surface area contributed by atoms with E-state index in [1.807, 2.05) is 13.0 Å². The number of oxime groups is 1. The Labute approximate surface area is 216 Å². The zero-order valence-electron chi connectivity index (χ0n) is 22.9. The van der Waals surface area contributed by atoms with Gasteiger partial charge in [0.15, 0.2) is 0 Å². The molecule has 4 nitrogen and oxygen atoms in total. The van der Waals surface area contributed by atoms with Crippen molar-refractivity contribution in [3.05, 3.63) is 59.2 Å². The van der Waals surface area contributed by atoms with E-state index in [-0.39, 0.29) is 22.2 Å². The number of Topliss-reactive ketones (excluding diaryl/α,β-unsaturated/α-hetero) is 1. The number of hydrogen-bond acceptors (Lipinski definition) is 4. The molecule has 4 aliphatic carbocycles. The number of carbonyl (C=O) groups is 1. The summed E-state index contributed by atoms with van der Waals surface area (Å²) in [6, 6.07) is 8.30. The van der Waals surface area contributed by atoms with Crippen LogP contribution in [0.25, 0.3) is 0 Å². The Kier molecular flexibility index (Phi) is 6.34. The first-order valence-electron chi connectivity index (χ1n) is 13.9. The first kappa shape index (κ1) is 25.4. The van der Waals surface area contributed by atoms with E-state index >= 15 is 0 Å². The maximum Gasteiger partial charge on any atom is 0.142 e. The van der Waals surface area contributed by atoms with Crippen LogP contribution < -0.4 is 0 Å². The molecule has 3 fully saturated rings. The summed E-state index contributed by atoms with van der Waals surface area (Å²) in [5.41, 5.74) is 3.85. The summed E-state index contributed by atoms with van der Waals surface area (Å²) in [5, 5.41) is 16.2. The van der Waals surface area contributed by atoms with Gasteiger partial charge >= 0.3 is 0 Å². The highest BCUT2D eigenvalue weighted by Crippen LogP contribution is 2.71. The second kappa shape index (κ2) is 8.97. The lowest BCUT2D eigenvalue weighted by Crippen LogP contribution is -2.58. The van der Waals surface area contributed by atoms with Gasteiger partial charge in [0.05, 0.1) is 6.10 Å². The third kappa shape index (κ3) is 3.66. The molecule has 1 aromatic rings. The van der Waals surface area contributed by atoms with Crippen molar-refractivity contribution in [3.8, 4) is 0 Å². The molecule has 0 aromatic heterocycles. The van der Waals surface area contributed by atoms with Crippen molar-refractivity contribution in [2.75, 3.05) is 0 Å².